The van der Waals surface area contributed by atoms with Gasteiger partial charge in [-0.1, -0.05) is 0 Å². The number of halogens is 2. The Kier molecular flexibility index (Phi) is 3.03. The van der Waals surface area contributed by atoms with E-state index < -0.39 is 17.2 Å². The number of alkyl halides is 2. The molecule has 0 radical (unpaired) electrons. The van der Waals surface area contributed by atoms with E-state index in [1.807, 2.05) is 0 Å². The summed E-state index contributed by atoms with van der Waals surface area (Å²) in [6.07, 6.45) is -1.92. The molecule has 0 aliphatic rings. The Bertz CT molecular complexity index is 357. The van der Waals surface area contributed by atoms with Crippen LogP contribution in [0.3, 0.4) is 0 Å². The summed E-state index contributed by atoms with van der Waals surface area (Å²) in [6.45, 7) is -0.191. The highest BCUT2D eigenvalue weighted by molar-refractivity contribution is 5.35. The summed E-state index contributed by atoms with van der Waals surface area (Å²) >= 11 is 0. The van der Waals surface area contributed by atoms with Gasteiger partial charge < -0.3 is 15.8 Å². The zero-order valence-electron chi connectivity index (χ0n) is 6.98. The van der Waals surface area contributed by atoms with Crippen molar-refractivity contribution in [2.45, 2.75) is 13.0 Å². The number of rotatable bonds is 3. The molecule has 0 amide bonds. The Morgan fingerprint density at radius 3 is 2.71 bits per heavy atom. The minimum absolute atomic E-state index is 0.00722. The van der Waals surface area contributed by atoms with Crippen molar-refractivity contribution in [3.63, 3.8) is 0 Å². The molecule has 2 N–H and O–H groups in total. The molecule has 1 aromatic rings. The number of nitrogens with zero attached hydrogens (tertiary/aromatic N) is 2. The van der Waals surface area contributed by atoms with Crippen LogP contribution in [-0.4, -0.2) is 9.91 Å². The average Bonchev–Trinajstić information content (AvgIpc) is 2.16. The molecular weight excluding hydrogens is 196 g/mol. The Morgan fingerprint density at radius 2 is 2.29 bits per heavy atom. The first-order chi connectivity index (χ1) is 6.56. The fourth-order valence-corrected chi connectivity index (χ4v) is 0.956. The molecule has 0 bridgehead atoms. The predicted octanol–water partition coefficient (Wildman–Crippen LogP) is 1.39. The third-order valence-electron chi connectivity index (χ3n) is 1.61. The van der Waals surface area contributed by atoms with Crippen LogP contribution in [0.5, 0.6) is 0 Å². The van der Waals surface area contributed by atoms with Gasteiger partial charge in [-0.2, -0.15) is 0 Å². The van der Waals surface area contributed by atoms with Gasteiger partial charge in [-0.15, -0.1) is 0 Å². The first-order valence-corrected chi connectivity index (χ1v) is 3.67. The third kappa shape index (κ3) is 1.99. The Labute approximate surface area is 77.7 Å². The molecule has 14 heavy (non-hydrogen) atoms. The predicted molar refractivity (Wildman–Crippen MR) is 43.7 cm³/mol. The minimum Gasteiger partial charge on any atom is -0.358 e. The number of hydrogen-bond acceptors (Lipinski definition) is 4. The van der Waals surface area contributed by atoms with Crippen molar-refractivity contribution in [1.29, 1.82) is 0 Å². The topological polar surface area (TPSA) is 82.0 Å². The van der Waals surface area contributed by atoms with Gasteiger partial charge in [-0.25, -0.2) is 8.78 Å². The first-order valence-electron chi connectivity index (χ1n) is 3.67. The summed E-state index contributed by atoms with van der Waals surface area (Å²) in [5.74, 6) is -0.475. The highest BCUT2D eigenvalue weighted by Crippen LogP contribution is 2.22. The standard InChI is InChI=1S/C7H7F2N3O2/c8-6(9)5-1-4(2-10)7(11-3-5)12(13)14/h1,3,6H,2,10H2. The Hall–Kier alpha value is -1.63. The molecule has 0 aromatic carbocycles. The molecule has 0 fully saturated rings. The lowest BCUT2D eigenvalue weighted by Crippen LogP contribution is -2.05. The van der Waals surface area contributed by atoms with Crippen LogP contribution in [0, 0.1) is 10.1 Å². The second-order valence-electron chi connectivity index (χ2n) is 2.51. The molecule has 76 valence electrons. The van der Waals surface area contributed by atoms with Crippen LogP contribution in [0.25, 0.3) is 0 Å². The molecule has 0 atom stereocenters. The van der Waals surface area contributed by atoms with Gasteiger partial charge in [0.1, 0.15) is 6.20 Å². The van der Waals surface area contributed by atoms with Gasteiger partial charge in [0.2, 0.25) is 0 Å². The van der Waals surface area contributed by atoms with Gasteiger partial charge in [-0.05, 0) is 16.0 Å². The third-order valence-corrected chi connectivity index (χ3v) is 1.61. The molecule has 5 nitrogen and oxygen atoms in total. The highest BCUT2D eigenvalue weighted by Gasteiger charge is 2.18. The molecule has 0 saturated heterocycles. The van der Waals surface area contributed by atoms with Crippen molar-refractivity contribution in [3.8, 4) is 0 Å². The van der Waals surface area contributed by atoms with Crippen molar-refractivity contribution in [1.82, 2.24) is 4.98 Å². The molecular formula is C7H7F2N3O2. The molecule has 0 aliphatic carbocycles. The van der Waals surface area contributed by atoms with Crippen molar-refractivity contribution < 1.29 is 13.7 Å². The van der Waals surface area contributed by atoms with Crippen LogP contribution in [0.2, 0.25) is 0 Å². The largest absolute Gasteiger partial charge is 0.367 e. The van der Waals surface area contributed by atoms with Gasteiger partial charge in [0.05, 0.1) is 11.1 Å². The molecule has 0 unspecified atom stereocenters. The van der Waals surface area contributed by atoms with E-state index in [0.717, 1.165) is 12.3 Å². The number of pyridine rings is 1. The van der Waals surface area contributed by atoms with E-state index in [4.69, 9.17) is 5.73 Å². The number of nitro groups is 1. The highest BCUT2D eigenvalue weighted by atomic mass is 19.3. The molecule has 7 heteroatoms. The lowest BCUT2D eigenvalue weighted by atomic mass is 10.2. The van der Waals surface area contributed by atoms with Crippen LogP contribution in [0.1, 0.15) is 17.6 Å². The lowest BCUT2D eigenvalue weighted by Gasteiger charge is -2.01. The molecule has 1 aromatic heterocycles. The Morgan fingerprint density at radius 1 is 1.64 bits per heavy atom. The van der Waals surface area contributed by atoms with E-state index in [1.54, 1.807) is 0 Å². The maximum Gasteiger partial charge on any atom is 0.367 e. The summed E-state index contributed by atoms with van der Waals surface area (Å²) in [7, 11) is 0. The van der Waals surface area contributed by atoms with Crippen molar-refractivity contribution in [2.24, 2.45) is 5.73 Å². The summed E-state index contributed by atoms with van der Waals surface area (Å²) in [5.41, 5.74) is 4.81. The molecule has 0 saturated carbocycles. The van der Waals surface area contributed by atoms with Crippen molar-refractivity contribution >= 4 is 5.82 Å². The normalized spacial score (nSPS) is 10.6. The minimum atomic E-state index is -2.70. The smallest absolute Gasteiger partial charge is 0.358 e. The van der Waals surface area contributed by atoms with Crippen LogP contribution < -0.4 is 5.73 Å². The van der Waals surface area contributed by atoms with Crippen LogP contribution in [0.4, 0.5) is 14.6 Å². The molecule has 0 spiro atoms. The van der Waals surface area contributed by atoms with E-state index in [0.29, 0.717) is 0 Å². The van der Waals surface area contributed by atoms with E-state index in [-0.39, 0.29) is 17.7 Å². The number of aromatic nitrogens is 1. The van der Waals surface area contributed by atoms with Gasteiger partial charge in [0.15, 0.2) is 0 Å². The quantitative estimate of drug-likeness (QED) is 0.594. The Balaban J connectivity index is 3.18. The zero-order valence-corrected chi connectivity index (χ0v) is 6.98. The summed E-state index contributed by atoms with van der Waals surface area (Å²) in [5, 5.41) is 10.4. The maximum absolute atomic E-state index is 12.2. The number of nitrogens with two attached hydrogens (primary N) is 1. The fraction of sp³-hybridized carbons (Fsp3) is 0.286. The van der Waals surface area contributed by atoms with E-state index in [9.17, 15) is 18.9 Å². The maximum atomic E-state index is 12.2. The van der Waals surface area contributed by atoms with E-state index in [1.165, 1.54) is 0 Å². The van der Waals surface area contributed by atoms with Gasteiger partial charge in [0.25, 0.3) is 6.43 Å². The van der Waals surface area contributed by atoms with Gasteiger partial charge >= 0.3 is 5.82 Å². The second kappa shape index (κ2) is 4.05. The number of hydrogen-bond donors (Lipinski definition) is 1. The van der Waals surface area contributed by atoms with Crippen molar-refractivity contribution in [2.75, 3.05) is 0 Å². The van der Waals surface area contributed by atoms with E-state index >= 15 is 0 Å². The average molecular weight is 203 g/mol. The zero-order chi connectivity index (χ0) is 10.7. The van der Waals surface area contributed by atoms with Crippen LogP contribution in [0.15, 0.2) is 12.3 Å². The summed E-state index contributed by atoms with van der Waals surface area (Å²) in [6, 6.07) is 0.996. The second-order valence-corrected chi connectivity index (χ2v) is 2.51. The van der Waals surface area contributed by atoms with Gasteiger partial charge in [0, 0.05) is 6.54 Å². The SMILES string of the molecule is NCc1cc(C(F)F)cnc1[N+](=O)[O-]. The summed E-state index contributed by atoms with van der Waals surface area (Å²) < 4.78 is 24.3. The molecule has 1 heterocycles. The fourth-order valence-electron chi connectivity index (χ4n) is 0.956. The monoisotopic (exact) mass is 203 g/mol. The van der Waals surface area contributed by atoms with Crippen molar-refractivity contribution in [3.05, 3.63) is 33.5 Å². The summed E-state index contributed by atoms with van der Waals surface area (Å²) in [4.78, 5) is 12.9. The lowest BCUT2D eigenvalue weighted by molar-refractivity contribution is -0.390. The first kappa shape index (κ1) is 10.5. The van der Waals surface area contributed by atoms with Crippen LogP contribution in [-0.2, 0) is 6.54 Å². The van der Waals surface area contributed by atoms with Gasteiger partial charge in [-0.3, -0.25) is 0 Å². The van der Waals surface area contributed by atoms with Crippen LogP contribution >= 0.6 is 0 Å². The molecule has 0 aliphatic heterocycles. The van der Waals surface area contributed by atoms with E-state index in [2.05, 4.69) is 4.98 Å². The molecule has 1 rings (SSSR count).